The van der Waals surface area contributed by atoms with Gasteiger partial charge in [0.05, 0.1) is 33.8 Å². The summed E-state index contributed by atoms with van der Waals surface area (Å²) < 4.78 is 30.4. The minimum Gasteiger partial charge on any atom is -0.756 e. The highest BCUT2D eigenvalue weighted by molar-refractivity contribution is 7.45. The Morgan fingerprint density at radius 2 is 0.780 bits per heavy atom. The first-order chi connectivity index (χ1) is 39.9. The number of hydrogen-bond acceptors (Lipinski definition) is 7. The monoisotopic (exact) mass is 1170 g/mol. The first kappa shape index (κ1) is 79.7. The maximum Gasteiger partial charge on any atom is 0.306 e. The number of phosphoric acid groups is 1. The number of allylic oxidation sites excluding steroid dienone is 9. The van der Waals surface area contributed by atoms with Gasteiger partial charge in [0.2, 0.25) is 5.91 Å². The van der Waals surface area contributed by atoms with Crippen LogP contribution in [-0.4, -0.2) is 69.4 Å². The zero-order chi connectivity index (χ0) is 60.0. The summed E-state index contributed by atoms with van der Waals surface area (Å²) >= 11 is 0. The maximum absolute atomic E-state index is 13.6. The van der Waals surface area contributed by atoms with Crippen LogP contribution in [0.3, 0.4) is 0 Å². The van der Waals surface area contributed by atoms with E-state index in [1.54, 1.807) is 0 Å². The third kappa shape index (κ3) is 62.2. The number of nitrogens with zero attached hydrogens (tertiary/aromatic N) is 1. The molecule has 0 heterocycles. The van der Waals surface area contributed by atoms with E-state index in [9.17, 15) is 19.0 Å². The van der Waals surface area contributed by atoms with Crippen LogP contribution in [0.25, 0.3) is 0 Å². The molecule has 0 aromatic heterocycles. The average Bonchev–Trinajstić information content (AvgIpc) is 3.45. The molecule has 0 bridgehead atoms. The van der Waals surface area contributed by atoms with Gasteiger partial charge in [-0.05, 0) is 89.5 Å². The van der Waals surface area contributed by atoms with Gasteiger partial charge in [-0.3, -0.25) is 14.2 Å². The van der Waals surface area contributed by atoms with Crippen molar-refractivity contribution in [3.05, 3.63) is 60.8 Å². The van der Waals surface area contributed by atoms with Crippen LogP contribution in [0.1, 0.15) is 335 Å². The molecule has 1 N–H and O–H groups in total. The predicted molar refractivity (Wildman–Crippen MR) is 353 cm³/mol. The highest BCUT2D eigenvalue weighted by atomic mass is 31.2. The summed E-state index contributed by atoms with van der Waals surface area (Å²) in [5.41, 5.74) is 0. The van der Waals surface area contributed by atoms with Gasteiger partial charge >= 0.3 is 5.97 Å². The minimum atomic E-state index is -4.71. The number of hydrogen-bond donors (Lipinski definition) is 1. The Hall–Kier alpha value is -2.29. The highest BCUT2D eigenvalue weighted by Crippen LogP contribution is 2.38. The molecule has 0 fully saturated rings. The number of quaternary nitrogens is 1. The van der Waals surface area contributed by atoms with E-state index in [1.165, 1.54) is 199 Å². The zero-order valence-electron chi connectivity index (χ0n) is 54.9. The van der Waals surface area contributed by atoms with Crippen molar-refractivity contribution >= 4 is 19.7 Å². The third-order valence-corrected chi connectivity index (χ3v) is 16.6. The lowest BCUT2D eigenvalue weighted by Gasteiger charge is -2.30. The Labute approximate surface area is 509 Å². The van der Waals surface area contributed by atoms with Crippen LogP contribution in [0, 0.1) is 0 Å². The largest absolute Gasteiger partial charge is 0.756 e. The van der Waals surface area contributed by atoms with Crippen molar-refractivity contribution in [2.75, 3.05) is 40.9 Å². The number of amides is 1. The molecule has 0 aliphatic carbocycles. The van der Waals surface area contributed by atoms with E-state index in [0.717, 1.165) is 103 Å². The number of esters is 1. The number of ether oxygens (including phenoxy) is 1. The van der Waals surface area contributed by atoms with E-state index < -0.39 is 26.6 Å². The second-order valence-corrected chi connectivity index (χ2v) is 26.4. The van der Waals surface area contributed by atoms with Crippen LogP contribution >= 0.6 is 7.82 Å². The lowest BCUT2D eigenvalue weighted by atomic mass is 10.0. The van der Waals surface area contributed by atoms with Gasteiger partial charge in [0.1, 0.15) is 19.3 Å². The molecular weight excluding hydrogens is 1040 g/mol. The van der Waals surface area contributed by atoms with Crippen molar-refractivity contribution in [2.45, 2.75) is 348 Å². The Morgan fingerprint density at radius 3 is 1.18 bits per heavy atom. The number of nitrogens with one attached hydrogen (secondary N) is 1. The number of rotatable bonds is 64. The lowest BCUT2D eigenvalue weighted by molar-refractivity contribution is -0.870. The lowest BCUT2D eigenvalue weighted by Crippen LogP contribution is -2.47. The van der Waals surface area contributed by atoms with Crippen molar-refractivity contribution in [2.24, 2.45) is 0 Å². The summed E-state index contributed by atoms with van der Waals surface area (Å²) in [6, 6.07) is -0.896. The zero-order valence-corrected chi connectivity index (χ0v) is 55.8. The van der Waals surface area contributed by atoms with Crippen LogP contribution in [0.2, 0.25) is 0 Å². The molecule has 0 aliphatic rings. The summed E-state index contributed by atoms with van der Waals surface area (Å²) in [6.07, 6.45) is 79.2. The molecule has 3 unspecified atom stereocenters. The molecule has 0 spiro atoms. The summed E-state index contributed by atoms with van der Waals surface area (Å²) in [6.45, 7) is 6.76. The van der Waals surface area contributed by atoms with Crippen molar-refractivity contribution in [3.8, 4) is 0 Å². The molecule has 0 aromatic rings. The van der Waals surface area contributed by atoms with Gasteiger partial charge in [0.15, 0.2) is 0 Å². The Morgan fingerprint density at radius 1 is 0.439 bits per heavy atom. The van der Waals surface area contributed by atoms with E-state index in [0.29, 0.717) is 17.4 Å². The van der Waals surface area contributed by atoms with Gasteiger partial charge in [0, 0.05) is 12.8 Å². The Balaban J connectivity index is 5.03. The van der Waals surface area contributed by atoms with E-state index in [-0.39, 0.29) is 24.9 Å². The van der Waals surface area contributed by atoms with Crippen LogP contribution in [-0.2, 0) is 27.9 Å². The van der Waals surface area contributed by atoms with Gasteiger partial charge < -0.3 is 28.5 Å². The van der Waals surface area contributed by atoms with Crippen LogP contribution in [0.15, 0.2) is 60.8 Å². The number of likely N-dealkylation sites (N-methyl/N-ethyl adjacent to an activating group) is 1. The van der Waals surface area contributed by atoms with Crippen molar-refractivity contribution in [1.29, 1.82) is 0 Å². The minimum absolute atomic E-state index is 0.0250. The molecule has 480 valence electrons. The second kappa shape index (κ2) is 61.8. The Kier molecular flexibility index (Phi) is 60.1. The predicted octanol–water partition coefficient (Wildman–Crippen LogP) is 21.5. The second-order valence-electron chi connectivity index (χ2n) is 25.0. The van der Waals surface area contributed by atoms with Gasteiger partial charge in [-0.2, -0.15) is 0 Å². The number of unbranched alkanes of at least 4 members (excludes halogenated alkanes) is 40. The van der Waals surface area contributed by atoms with Gasteiger partial charge in [-0.25, -0.2) is 0 Å². The fraction of sp³-hybridized carbons (Fsp3) is 0.833. The van der Waals surface area contributed by atoms with Crippen LogP contribution in [0.4, 0.5) is 0 Å². The molecule has 3 atom stereocenters. The van der Waals surface area contributed by atoms with Crippen molar-refractivity contribution in [3.63, 3.8) is 0 Å². The molecule has 1 amide bonds. The van der Waals surface area contributed by atoms with Gasteiger partial charge in [-0.15, -0.1) is 0 Å². The third-order valence-electron chi connectivity index (χ3n) is 15.7. The molecule has 82 heavy (non-hydrogen) atoms. The van der Waals surface area contributed by atoms with E-state index >= 15 is 0 Å². The van der Waals surface area contributed by atoms with E-state index in [1.807, 2.05) is 33.3 Å². The molecule has 9 nitrogen and oxygen atoms in total. The normalized spacial score (nSPS) is 13.9. The SMILES string of the molecule is CC/C=C/C/C=C/C/C=C/CCCCCCCCC(=O)NC(COP(=O)([O-])OCC[N+](C)(C)C)C(/C=C\CCCCCCCCCCCCC)OC(=O)CCCCCCCCCCCCCCCCCCC/C=C/CCCCCCCC. The van der Waals surface area contributed by atoms with Crippen LogP contribution < -0.4 is 10.2 Å². The average molecular weight is 1170 g/mol. The fourth-order valence-corrected chi connectivity index (χ4v) is 11.0. The molecule has 0 radical (unpaired) electrons. The first-order valence-corrected chi connectivity index (χ1v) is 36.6. The molecule has 0 aliphatic heterocycles. The quantitative estimate of drug-likeness (QED) is 0.0212. The molecule has 10 heteroatoms. The summed E-state index contributed by atoms with van der Waals surface area (Å²) in [4.78, 5) is 40.1. The number of carbonyl (C=O) groups excluding carboxylic acids is 2. The van der Waals surface area contributed by atoms with E-state index in [2.05, 4.69) is 74.7 Å². The van der Waals surface area contributed by atoms with Crippen LogP contribution in [0.5, 0.6) is 0 Å². The summed E-state index contributed by atoms with van der Waals surface area (Å²) in [5, 5.41) is 3.03. The smallest absolute Gasteiger partial charge is 0.306 e. The molecular formula is C72H135N2O7P. The van der Waals surface area contributed by atoms with Crippen molar-refractivity contribution < 1.29 is 37.3 Å². The van der Waals surface area contributed by atoms with Gasteiger partial charge in [-0.1, -0.05) is 294 Å². The van der Waals surface area contributed by atoms with Gasteiger partial charge in [0.25, 0.3) is 7.82 Å². The molecule has 0 saturated carbocycles. The number of carbonyl (C=O) groups is 2. The van der Waals surface area contributed by atoms with Crippen molar-refractivity contribution in [1.82, 2.24) is 5.32 Å². The summed E-state index contributed by atoms with van der Waals surface area (Å²) in [7, 11) is 1.18. The Bertz CT molecular complexity index is 1590. The summed E-state index contributed by atoms with van der Waals surface area (Å²) in [5.74, 6) is -0.544. The standard InChI is InChI=1S/C72H135N2O7P/c1-7-10-13-16-19-22-25-28-30-32-33-34-35-36-37-38-39-40-41-42-44-47-50-53-56-59-62-65-72(76)81-70(63-60-57-54-51-48-45-27-24-21-18-15-12-9-3)69(68-80-82(77,78)79-67-66-74(4,5)6)73-71(75)64-61-58-55-52-49-46-43-31-29-26-23-20-17-14-11-8-2/h11,14,20,23,28-31,60,63,69-70H,7-10,12-13,15-19,21-22,24-27,32-59,61-62,64-68H2,1-6H3,(H-,73,75,77,78)/b14-11+,23-20+,30-28+,31-29+,63-60-. The topological polar surface area (TPSA) is 114 Å². The van der Waals surface area contributed by atoms with E-state index in [4.69, 9.17) is 13.8 Å². The fourth-order valence-electron chi connectivity index (χ4n) is 10.3. The molecule has 0 saturated heterocycles. The first-order valence-electron chi connectivity index (χ1n) is 35.1. The molecule has 0 aromatic carbocycles. The number of phosphoric ester groups is 1. The maximum atomic E-state index is 13.6. The highest BCUT2D eigenvalue weighted by Gasteiger charge is 2.27. The molecule has 0 rings (SSSR count).